The fraction of sp³-hybridized carbons (Fsp3) is 0.273. The topological polar surface area (TPSA) is 141 Å². The molecule has 0 radical (unpaired) electrons. The first-order chi connectivity index (χ1) is 15.9. The number of hydrogen-bond acceptors (Lipinski definition) is 6. The fourth-order valence-electron chi connectivity index (χ4n) is 2.58. The number of anilines is 2. The molecule has 0 saturated carbocycles. The molecule has 0 heterocycles. The lowest BCUT2D eigenvalue weighted by atomic mass is 10.2. The molecule has 0 fully saturated rings. The van der Waals surface area contributed by atoms with Crippen LogP contribution >= 0.6 is 0 Å². The number of hydrogen-bond donors (Lipinski definition) is 3. The molecule has 0 aliphatic carbocycles. The SMILES string of the molecule is CCCCC(=O)Nc1ccc([S+]([O-])c2ccccc2)cc1NC(=NC(=O)OC)NC(=O)OC. The molecule has 3 N–H and O–H groups in total. The van der Waals surface area contributed by atoms with Crippen LogP contribution in [0.2, 0.25) is 0 Å². The Kier molecular flexibility index (Phi) is 10.2. The Morgan fingerprint density at radius 1 is 0.970 bits per heavy atom. The van der Waals surface area contributed by atoms with Gasteiger partial charge in [-0.3, -0.25) is 10.1 Å². The number of rotatable bonds is 7. The highest BCUT2D eigenvalue weighted by Crippen LogP contribution is 2.29. The molecule has 1 unspecified atom stereocenters. The van der Waals surface area contributed by atoms with Crippen LogP contribution in [0, 0.1) is 0 Å². The minimum absolute atomic E-state index is 0.218. The van der Waals surface area contributed by atoms with Gasteiger partial charge in [-0.2, -0.15) is 0 Å². The number of ether oxygens (including phenoxy) is 2. The maximum atomic E-state index is 13.0. The van der Waals surface area contributed by atoms with Crippen molar-refractivity contribution in [1.29, 1.82) is 0 Å². The summed E-state index contributed by atoms with van der Waals surface area (Å²) in [6.45, 7) is 1.97. The minimum atomic E-state index is -1.52. The lowest BCUT2D eigenvalue weighted by molar-refractivity contribution is -0.116. The predicted octanol–water partition coefficient (Wildman–Crippen LogP) is 3.87. The van der Waals surface area contributed by atoms with Crippen LogP contribution in [0.4, 0.5) is 21.0 Å². The highest BCUT2D eigenvalue weighted by molar-refractivity contribution is 7.91. The van der Waals surface area contributed by atoms with E-state index in [4.69, 9.17) is 0 Å². The van der Waals surface area contributed by atoms with Crippen LogP contribution < -0.4 is 16.0 Å². The Labute approximate surface area is 194 Å². The molecule has 0 bridgehead atoms. The zero-order valence-corrected chi connectivity index (χ0v) is 19.4. The maximum absolute atomic E-state index is 13.0. The number of amides is 3. The Morgan fingerprint density at radius 2 is 1.70 bits per heavy atom. The van der Waals surface area contributed by atoms with Crippen LogP contribution in [0.5, 0.6) is 0 Å². The molecule has 0 spiro atoms. The number of nitrogens with one attached hydrogen (secondary N) is 3. The third kappa shape index (κ3) is 8.13. The third-order valence-electron chi connectivity index (χ3n) is 4.23. The summed E-state index contributed by atoms with van der Waals surface area (Å²) in [5.74, 6) is -0.524. The highest BCUT2D eigenvalue weighted by Gasteiger charge is 2.19. The zero-order valence-electron chi connectivity index (χ0n) is 18.5. The van der Waals surface area contributed by atoms with Crippen LogP contribution in [-0.2, 0) is 25.4 Å². The summed E-state index contributed by atoms with van der Waals surface area (Å²) in [5.41, 5.74) is 0.592. The van der Waals surface area contributed by atoms with Gasteiger partial charge in [-0.05, 0) is 30.7 Å². The van der Waals surface area contributed by atoms with Crippen molar-refractivity contribution in [3.63, 3.8) is 0 Å². The van der Waals surface area contributed by atoms with E-state index < -0.39 is 23.4 Å². The van der Waals surface area contributed by atoms with Gasteiger partial charge in [0.15, 0.2) is 9.79 Å². The van der Waals surface area contributed by atoms with Gasteiger partial charge in [-0.15, -0.1) is 4.99 Å². The number of guanidine groups is 1. The van der Waals surface area contributed by atoms with Crippen molar-refractivity contribution in [1.82, 2.24) is 5.32 Å². The van der Waals surface area contributed by atoms with E-state index in [0.29, 0.717) is 28.3 Å². The van der Waals surface area contributed by atoms with Crippen LogP contribution in [0.3, 0.4) is 0 Å². The number of benzene rings is 2. The second-order valence-corrected chi connectivity index (χ2v) is 8.09. The molecular formula is C22H26N4O6S. The second-order valence-electron chi connectivity index (χ2n) is 6.61. The van der Waals surface area contributed by atoms with Crippen LogP contribution in [-0.4, -0.2) is 42.8 Å². The third-order valence-corrected chi connectivity index (χ3v) is 5.61. The van der Waals surface area contributed by atoms with E-state index in [9.17, 15) is 18.9 Å². The molecule has 0 aliphatic heterocycles. The molecule has 11 heteroatoms. The van der Waals surface area contributed by atoms with Gasteiger partial charge < -0.3 is 24.7 Å². The molecule has 0 saturated heterocycles. The van der Waals surface area contributed by atoms with Gasteiger partial charge in [0, 0.05) is 23.7 Å². The fourth-order valence-corrected chi connectivity index (χ4v) is 3.67. The summed E-state index contributed by atoms with van der Waals surface area (Å²) in [7, 11) is 2.28. The molecule has 0 aliphatic rings. The Balaban J connectivity index is 2.43. The quantitative estimate of drug-likeness (QED) is 0.314. The lowest BCUT2D eigenvalue weighted by Gasteiger charge is -2.17. The van der Waals surface area contributed by atoms with Gasteiger partial charge in [-0.1, -0.05) is 31.5 Å². The first kappa shape index (κ1) is 25.7. The maximum Gasteiger partial charge on any atom is 0.436 e. The van der Waals surface area contributed by atoms with E-state index in [0.717, 1.165) is 20.6 Å². The van der Waals surface area contributed by atoms with Gasteiger partial charge in [0.1, 0.15) is 0 Å². The number of carbonyl (C=O) groups is 3. The van der Waals surface area contributed by atoms with Gasteiger partial charge in [-0.25, -0.2) is 9.59 Å². The molecule has 2 aromatic rings. The van der Waals surface area contributed by atoms with E-state index >= 15 is 0 Å². The van der Waals surface area contributed by atoms with E-state index in [1.54, 1.807) is 36.4 Å². The van der Waals surface area contributed by atoms with E-state index in [1.807, 2.05) is 13.0 Å². The Bertz CT molecular complexity index is 1000. The molecular weight excluding hydrogens is 448 g/mol. The predicted molar refractivity (Wildman–Crippen MR) is 125 cm³/mol. The molecule has 176 valence electrons. The number of carbonyl (C=O) groups excluding carboxylic acids is 3. The van der Waals surface area contributed by atoms with Crippen molar-refractivity contribution in [3.05, 3.63) is 48.5 Å². The van der Waals surface area contributed by atoms with Crippen molar-refractivity contribution in [3.8, 4) is 0 Å². The largest absolute Gasteiger partial charge is 0.606 e. The molecule has 2 rings (SSSR count). The van der Waals surface area contributed by atoms with Crippen LogP contribution in [0.15, 0.2) is 63.3 Å². The van der Waals surface area contributed by atoms with Crippen LogP contribution in [0.1, 0.15) is 26.2 Å². The summed E-state index contributed by atoms with van der Waals surface area (Å²) < 4.78 is 22.1. The zero-order chi connectivity index (χ0) is 24.2. The Hall–Kier alpha value is -3.57. The van der Waals surface area contributed by atoms with Crippen molar-refractivity contribution in [2.75, 3.05) is 24.9 Å². The summed E-state index contributed by atoms with van der Waals surface area (Å²) in [6.07, 6.45) is 0.0157. The van der Waals surface area contributed by atoms with Gasteiger partial charge in [0.05, 0.1) is 25.6 Å². The summed E-state index contributed by atoms with van der Waals surface area (Å²) in [6, 6.07) is 13.6. The monoisotopic (exact) mass is 474 g/mol. The van der Waals surface area contributed by atoms with Crippen molar-refractivity contribution in [2.24, 2.45) is 4.99 Å². The average molecular weight is 475 g/mol. The van der Waals surface area contributed by atoms with Crippen LogP contribution in [0.25, 0.3) is 0 Å². The molecule has 0 aromatic heterocycles. The second kappa shape index (κ2) is 13.1. The highest BCUT2D eigenvalue weighted by atomic mass is 32.2. The summed E-state index contributed by atoms with van der Waals surface area (Å²) in [5, 5.41) is 7.81. The lowest BCUT2D eigenvalue weighted by Crippen LogP contribution is -2.36. The first-order valence-electron chi connectivity index (χ1n) is 10.1. The van der Waals surface area contributed by atoms with E-state index in [1.165, 1.54) is 6.07 Å². The normalized spacial score (nSPS) is 11.8. The van der Waals surface area contributed by atoms with Crippen molar-refractivity contribution >= 4 is 46.6 Å². The number of unbranched alkanes of at least 4 members (excludes halogenated alkanes) is 1. The standard InChI is InChI=1S/C22H26N4O6S/c1-4-5-11-19(27)23-17-13-12-16(33(30)15-9-7-6-8-10-15)14-18(17)24-20(25-21(28)31-2)26-22(29)32-3/h6-10,12-14H,4-5,11H2,1-3H3,(H,23,27)(H2,24,25,26,28,29). The molecule has 2 aromatic carbocycles. The molecule has 33 heavy (non-hydrogen) atoms. The molecule has 10 nitrogen and oxygen atoms in total. The van der Waals surface area contributed by atoms with E-state index in [2.05, 4.69) is 30.4 Å². The number of alkyl carbamates (subject to hydrolysis) is 1. The van der Waals surface area contributed by atoms with E-state index in [-0.39, 0.29) is 17.6 Å². The number of nitrogens with zero attached hydrogens (tertiary/aromatic N) is 1. The Morgan fingerprint density at radius 3 is 2.33 bits per heavy atom. The number of methoxy groups -OCH3 is 2. The van der Waals surface area contributed by atoms with Crippen molar-refractivity contribution < 1.29 is 28.4 Å². The number of aliphatic imine (C=N–C) groups is 1. The first-order valence-corrected chi connectivity index (χ1v) is 11.2. The summed E-state index contributed by atoms with van der Waals surface area (Å²) in [4.78, 5) is 40.3. The van der Waals surface area contributed by atoms with Crippen molar-refractivity contribution in [2.45, 2.75) is 36.0 Å². The smallest absolute Gasteiger partial charge is 0.436 e. The molecule has 3 amide bonds. The minimum Gasteiger partial charge on any atom is -0.606 e. The summed E-state index contributed by atoms with van der Waals surface area (Å²) >= 11 is -1.52. The van der Waals surface area contributed by atoms with Gasteiger partial charge in [0.25, 0.3) is 0 Å². The molecule has 1 atom stereocenters. The average Bonchev–Trinajstić information content (AvgIpc) is 2.83. The van der Waals surface area contributed by atoms with Gasteiger partial charge >= 0.3 is 12.2 Å². The van der Waals surface area contributed by atoms with Gasteiger partial charge in [0.2, 0.25) is 11.9 Å².